The van der Waals surface area contributed by atoms with Crippen molar-refractivity contribution in [3.63, 3.8) is 0 Å². The molecule has 0 aliphatic rings. The lowest BCUT2D eigenvalue weighted by Gasteiger charge is -2.34. The quantitative estimate of drug-likeness (QED) is 0.347. The number of ether oxygens (including phenoxy) is 1. The monoisotopic (exact) mass is 299 g/mol. The maximum absolute atomic E-state index is 5.83. The molecule has 0 bridgehead atoms. The second-order valence-electron chi connectivity index (χ2n) is 6.14. The predicted molar refractivity (Wildman–Crippen MR) is 79.8 cm³/mol. The normalized spacial score (nSPS) is 13.3. The highest BCUT2D eigenvalue weighted by atomic mass is 35.5. The van der Waals surface area contributed by atoms with Gasteiger partial charge in [0, 0.05) is 13.0 Å². The Morgan fingerprint density at radius 2 is 1.72 bits per heavy atom. The molecule has 0 aromatic heterocycles. The van der Waals surface area contributed by atoms with Gasteiger partial charge in [-0.25, -0.2) is 0 Å². The summed E-state index contributed by atoms with van der Waals surface area (Å²) in [5.41, 5.74) is -0.193. The molecule has 0 aliphatic carbocycles. The van der Waals surface area contributed by atoms with E-state index in [0.29, 0.717) is 0 Å². The molecule has 0 N–H and O–H groups in total. The van der Waals surface area contributed by atoms with Crippen LogP contribution in [-0.4, -0.2) is 54.4 Å². The molecule has 0 rings (SSSR count). The van der Waals surface area contributed by atoms with Crippen LogP contribution in [0.5, 0.6) is 0 Å². The molecule has 5 heteroatoms. The summed E-state index contributed by atoms with van der Waals surface area (Å²) in [5, 5.41) is 0. The van der Waals surface area contributed by atoms with Crippen molar-refractivity contribution in [2.24, 2.45) is 0 Å². The zero-order valence-electron chi connectivity index (χ0n) is 12.5. The van der Waals surface area contributed by atoms with Gasteiger partial charge in [0.15, 0.2) is 0 Å². The van der Waals surface area contributed by atoms with Crippen LogP contribution in [0.3, 0.4) is 0 Å². The van der Waals surface area contributed by atoms with Crippen molar-refractivity contribution in [2.45, 2.75) is 45.6 Å². The third-order valence-electron chi connectivity index (χ3n) is 3.27. The molecule has 0 fully saturated rings. The fourth-order valence-electron chi connectivity index (χ4n) is 1.43. The van der Waals surface area contributed by atoms with Crippen LogP contribution in [0.2, 0.25) is 0 Å². The number of unbranched alkanes of at least 4 members (excludes halogenated alkanes) is 1. The number of nitrogens with zero attached hydrogens (tertiary/aromatic N) is 2. The Hall–Kier alpha value is 0.460. The average Bonchev–Trinajstić information content (AvgIpc) is 2.26. The molecule has 0 spiro atoms. The van der Waals surface area contributed by atoms with Crippen LogP contribution in [0, 0.1) is 0 Å². The average molecular weight is 300 g/mol. The van der Waals surface area contributed by atoms with Crippen LogP contribution in [-0.2, 0) is 4.74 Å². The van der Waals surface area contributed by atoms with Gasteiger partial charge in [0.2, 0.25) is 0 Å². The van der Waals surface area contributed by atoms with Gasteiger partial charge in [-0.1, -0.05) is 13.3 Å². The van der Waals surface area contributed by atoms with Gasteiger partial charge in [-0.05, 0) is 43.8 Å². The van der Waals surface area contributed by atoms with E-state index in [1.54, 1.807) is 0 Å². The Labute approximate surface area is 123 Å². The lowest BCUT2D eigenvalue weighted by atomic mass is 10.0. The van der Waals surface area contributed by atoms with E-state index in [1.807, 2.05) is 13.8 Å². The molecular weight excluding hydrogens is 271 g/mol. The highest BCUT2D eigenvalue weighted by molar-refractivity contribution is 6.34. The van der Waals surface area contributed by atoms with Crippen molar-refractivity contribution in [1.82, 2.24) is 3.94 Å². The summed E-state index contributed by atoms with van der Waals surface area (Å²) >= 11 is 11.7. The van der Waals surface area contributed by atoms with Crippen molar-refractivity contribution < 1.29 is 9.22 Å². The summed E-state index contributed by atoms with van der Waals surface area (Å²) in [6.45, 7) is 10.0. The third kappa shape index (κ3) is 8.54. The molecule has 0 amide bonds. The minimum atomic E-state index is -0.193. The van der Waals surface area contributed by atoms with Gasteiger partial charge in [-0.3, -0.25) is 0 Å². The van der Waals surface area contributed by atoms with Gasteiger partial charge >= 0.3 is 0 Å². The van der Waals surface area contributed by atoms with Gasteiger partial charge in [0.25, 0.3) is 0 Å². The number of likely N-dealkylation sites (N-methyl/N-ethyl adjacent to an activating group) is 1. The Balaban J connectivity index is 3.86. The van der Waals surface area contributed by atoms with E-state index in [-0.39, 0.29) is 5.54 Å². The SMILES string of the molecule is CCCCOCC[N+](C)(C)CCC(C)(C)N(Cl)Cl. The zero-order valence-corrected chi connectivity index (χ0v) is 14.0. The van der Waals surface area contributed by atoms with Gasteiger partial charge < -0.3 is 9.22 Å². The van der Waals surface area contributed by atoms with Gasteiger partial charge in [0.05, 0.1) is 32.8 Å². The molecule has 110 valence electrons. The minimum Gasteiger partial charge on any atom is -0.376 e. The fourth-order valence-corrected chi connectivity index (χ4v) is 1.60. The molecule has 0 aromatic carbocycles. The largest absolute Gasteiger partial charge is 0.376 e. The highest BCUT2D eigenvalue weighted by Gasteiger charge is 2.28. The molecule has 3 nitrogen and oxygen atoms in total. The summed E-state index contributed by atoms with van der Waals surface area (Å²) in [6, 6.07) is 0. The number of hydrogen-bond donors (Lipinski definition) is 0. The van der Waals surface area contributed by atoms with Crippen molar-refractivity contribution >= 4 is 23.6 Å². The topological polar surface area (TPSA) is 12.5 Å². The van der Waals surface area contributed by atoms with Gasteiger partial charge in [-0.2, -0.15) is 0 Å². The summed E-state index contributed by atoms with van der Waals surface area (Å²) in [5.74, 6) is 0. The molecule has 0 radical (unpaired) electrons. The van der Waals surface area contributed by atoms with E-state index < -0.39 is 0 Å². The Morgan fingerprint density at radius 1 is 1.11 bits per heavy atom. The summed E-state index contributed by atoms with van der Waals surface area (Å²) in [7, 11) is 4.43. The van der Waals surface area contributed by atoms with Crippen molar-refractivity contribution in [2.75, 3.05) is 40.4 Å². The molecular formula is C13H29Cl2N2O+. The maximum atomic E-state index is 5.83. The first-order valence-electron chi connectivity index (χ1n) is 6.73. The number of quaternary nitrogens is 1. The Bertz CT molecular complexity index is 221. The minimum absolute atomic E-state index is 0.193. The summed E-state index contributed by atoms with van der Waals surface area (Å²) in [6.07, 6.45) is 3.28. The predicted octanol–water partition coefficient (Wildman–Crippen LogP) is 3.66. The Kier molecular flexibility index (Phi) is 8.81. The van der Waals surface area contributed by atoms with E-state index in [1.165, 1.54) is 10.4 Å². The van der Waals surface area contributed by atoms with Crippen LogP contribution in [0.15, 0.2) is 0 Å². The van der Waals surface area contributed by atoms with Crippen LogP contribution in [0.1, 0.15) is 40.0 Å². The number of rotatable bonds is 10. The molecule has 0 saturated carbocycles. The first-order chi connectivity index (χ1) is 8.21. The van der Waals surface area contributed by atoms with E-state index >= 15 is 0 Å². The second kappa shape index (κ2) is 8.60. The van der Waals surface area contributed by atoms with E-state index in [9.17, 15) is 0 Å². The first kappa shape index (κ1) is 18.5. The lowest BCUT2D eigenvalue weighted by Crippen LogP contribution is -2.46. The van der Waals surface area contributed by atoms with Gasteiger partial charge in [-0.15, -0.1) is 3.94 Å². The maximum Gasteiger partial charge on any atom is 0.102 e. The standard InChI is InChI=1S/C13H29Cl2N2O/c1-6-7-11-18-12-10-17(4,5)9-8-13(2,3)16(14)15/h6-12H2,1-5H3/q+1. The third-order valence-corrected chi connectivity index (χ3v) is 4.18. The molecule has 0 aromatic rings. The zero-order chi connectivity index (χ0) is 14.2. The summed E-state index contributed by atoms with van der Waals surface area (Å²) in [4.78, 5) is 0. The van der Waals surface area contributed by atoms with Crippen molar-refractivity contribution in [3.05, 3.63) is 0 Å². The molecule has 18 heavy (non-hydrogen) atoms. The molecule has 0 saturated heterocycles. The van der Waals surface area contributed by atoms with Crippen LogP contribution in [0.4, 0.5) is 0 Å². The van der Waals surface area contributed by atoms with E-state index in [0.717, 1.165) is 43.6 Å². The smallest absolute Gasteiger partial charge is 0.102 e. The first-order valence-corrected chi connectivity index (χ1v) is 7.40. The fraction of sp³-hybridized carbons (Fsp3) is 1.00. The Morgan fingerprint density at radius 3 is 2.22 bits per heavy atom. The molecule has 0 atom stereocenters. The number of hydrogen-bond acceptors (Lipinski definition) is 2. The molecule has 0 aliphatic heterocycles. The van der Waals surface area contributed by atoms with Crippen molar-refractivity contribution in [1.29, 1.82) is 0 Å². The number of halogens is 2. The summed E-state index contributed by atoms with van der Waals surface area (Å²) < 4.78 is 7.79. The second-order valence-corrected chi connectivity index (χ2v) is 6.99. The highest BCUT2D eigenvalue weighted by Crippen LogP contribution is 2.24. The lowest BCUT2D eigenvalue weighted by molar-refractivity contribution is -0.891. The molecule has 0 heterocycles. The van der Waals surface area contributed by atoms with Crippen LogP contribution < -0.4 is 0 Å². The van der Waals surface area contributed by atoms with E-state index in [4.69, 9.17) is 28.3 Å². The van der Waals surface area contributed by atoms with Crippen molar-refractivity contribution in [3.8, 4) is 0 Å². The van der Waals surface area contributed by atoms with E-state index in [2.05, 4.69) is 21.0 Å². The molecule has 0 unspecified atom stereocenters. The van der Waals surface area contributed by atoms with Gasteiger partial charge in [0.1, 0.15) is 6.54 Å². The van der Waals surface area contributed by atoms with Crippen LogP contribution in [0.25, 0.3) is 0 Å². The van der Waals surface area contributed by atoms with Crippen LogP contribution >= 0.6 is 23.6 Å².